The van der Waals surface area contributed by atoms with Crippen molar-refractivity contribution in [2.24, 2.45) is 0 Å². The second-order valence-electron chi connectivity index (χ2n) is 3.42. The lowest BCUT2D eigenvalue weighted by Gasteiger charge is -2.40. The van der Waals surface area contributed by atoms with Crippen molar-refractivity contribution < 1.29 is 20.1 Å². The summed E-state index contributed by atoms with van der Waals surface area (Å²) in [5.74, 6) is 0. The molecule has 0 aromatic heterocycles. The Morgan fingerprint density at radius 3 is 2.27 bits per heavy atom. The van der Waals surface area contributed by atoms with E-state index < -0.39 is 24.1 Å². The Kier molecular flexibility index (Phi) is 2.20. The minimum atomic E-state index is -0.969. The van der Waals surface area contributed by atoms with E-state index in [1.54, 1.807) is 13.8 Å². The lowest BCUT2D eigenvalue weighted by molar-refractivity contribution is -0.267. The Labute approximate surface area is 65.4 Å². The normalized spacial score (nSPS) is 43.9. The van der Waals surface area contributed by atoms with Gasteiger partial charge in [0.2, 0.25) is 0 Å². The first-order valence-electron chi connectivity index (χ1n) is 3.65. The van der Waals surface area contributed by atoms with Crippen LogP contribution in [0.15, 0.2) is 0 Å². The van der Waals surface area contributed by atoms with Crippen molar-refractivity contribution in [1.82, 2.24) is 0 Å². The summed E-state index contributed by atoms with van der Waals surface area (Å²) in [6.45, 7) is 3.26. The maximum Gasteiger partial charge on any atom is 0.157 e. The standard InChI is InChI=1S/C7H14O4/c1-7(2)6(10)4(8)3-5(9)11-7/h4-6,8-10H,3H2,1-2H3/t4-,5-,6?/m1/s1. The number of ether oxygens (including phenoxy) is 1. The molecule has 0 aromatic carbocycles. The molecule has 4 nitrogen and oxygen atoms in total. The van der Waals surface area contributed by atoms with Gasteiger partial charge in [0, 0.05) is 6.42 Å². The Balaban J connectivity index is 2.67. The van der Waals surface area contributed by atoms with Crippen LogP contribution < -0.4 is 0 Å². The van der Waals surface area contributed by atoms with Crippen LogP contribution in [-0.2, 0) is 4.74 Å². The van der Waals surface area contributed by atoms with Gasteiger partial charge >= 0.3 is 0 Å². The molecule has 0 amide bonds. The van der Waals surface area contributed by atoms with Crippen molar-refractivity contribution >= 4 is 0 Å². The zero-order valence-electron chi connectivity index (χ0n) is 6.69. The van der Waals surface area contributed by atoms with Crippen LogP contribution in [0.25, 0.3) is 0 Å². The third-order valence-electron chi connectivity index (χ3n) is 1.96. The highest BCUT2D eigenvalue weighted by Gasteiger charge is 2.41. The van der Waals surface area contributed by atoms with Crippen molar-refractivity contribution in [1.29, 1.82) is 0 Å². The molecule has 3 N–H and O–H groups in total. The van der Waals surface area contributed by atoms with E-state index >= 15 is 0 Å². The highest BCUT2D eigenvalue weighted by Crippen LogP contribution is 2.27. The average Bonchev–Trinajstić information content (AvgIpc) is 1.81. The highest BCUT2D eigenvalue weighted by atomic mass is 16.6. The van der Waals surface area contributed by atoms with Gasteiger partial charge in [-0.05, 0) is 13.8 Å². The Hall–Kier alpha value is -0.160. The lowest BCUT2D eigenvalue weighted by Crippen LogP contribution is -2.54. The molecule has 1 fully saturated rings. The predicted molar refractivity (Wildman–Crippen MR) is 37.8 cm³/mol. The fourth-order valence-corrected chi connectivity index (χ4v) is 1.27. The number of rotatable bonds is 0. The summed E-state index contributed by atoms with van der Waals surface area (Å²) in [6.07, 6.45) is -2.71. The minimum Gasteiger partial charge on any atom is -0.390 e. The first-order valence-corrected chi connectivity index (χ1v) is 3.65. The van der Waals surface area contributed by atoms with Gasteiger partial charge in [-0.25, -0.2) is 0 Å². The molecule has 1 heterocycles. The van der Waals surface area contributed by atoms with E-state index in [0.717, 1.165) is 0 Å². The van der Waals surface area contributed by atoms with E-state index in [4.69, 9.17) is 9.84 Å². The third-order valence-corrected chi connectivity index (χ3v) is 1.96. The van der Waals surface area contributed by atoms with Crippen LogP contribution in [0, 0.1) is 0 Å². The first kappa shape index (κ1) is 8.93. The van der Waals surface area contributed by atoms with Crippen LogP contribution in [0.5, 0.6) is 0 Å². The van der Waals surface area contributed by atoms with E-state index in [0.29, 0.717) is 0 Å². The van der Waals surface area contributed by atoms with Gasteiger partial charge in [-0.3, -0.25) is 0 Å². The Morgan fingerprint density at radius 1 is 1.27 bits per heavy atom. The molecule has 1 aliphatic heterocycles. The van der Waals surface area contributed by atoms with Crippen molar-refractivity contribution in [3.8, 4) is 0 Å². The predicted octanol–water partition coefficient (Wildman–Crippen LogP) is -0.774. The quantitative estimate of drug-likeness (QED) is 0.437. The van der Waals surface area contributed by atoms with Crippen LogP contribution in [0.2, 0.25) is 0 Å². The van der Waals surface area contributed by atoms with Crippen LogP contribution >= 0.6 is 0 Å². The van der Waals surface area contributed by atoms with E-state index in [-0.39, 0.29) is 6.42 Å². The number of hydrogen-bond acceptors (Lipinski definition) is 4. The van der Waals surface area contributed by atoms with E-state index in [2.05, 4.69) is 0 Å². The lowest BCUT2D eigenvalue weighted by atomic mass is 9.92. The third kappa shape index (κ3) is 1.70. The van der Waals surface area contributed by atoms with Gasteiger partial charge in [-0.1, -0.05) is 0 Å². The van der Waals surface area contributed by atoms with Gasteiger partial charge in [0.25, 0.3) is 0 Å². The minimum absolute atomic E-state index is 0.0740. The summed E-state index contributed by atoms with van der Waals surface area (Å²) in [5.41, 5.74) is -0.864. The zero-order valence-corrected chi connectivity index (χ0v) is 6.69. The molecular formula is C7H14O4. The fraction of sp³-hybridized carbons (Fsp3) is 1.00. The molecule has 0 spiro atoms. The molecular weight excluding hydrogens is 148 g/mol. The van der Waals surface area contributed by atoms with Crippen LogP contribution in [0.4, 0.5) is 0 Å². The zero-order chi connectivity index (χ0) is 8.65. The molecule has 0 aliphatic carbocycles. The average molecular weight is 162 g/mol. The van der Waals surface area contributed by atoms with Crippen LogP contribution in [-0.4, -0.2) is 39.4 Å². The van der Waals surface area contributed by atoms with Crippen molar-refractivity contribution in [2.75, 3.05) is 0 Å². The Bertz CT molecular complexity index is 145. The molecule has 1 rings (SSSR count). The summed E-state index contributed by atoms with van der Waals surface area (Å²) in [4.78, 5) is 0. The molecule has 0 saturated carbocycles. The fourth-order valence-electron chi connectivity index (χ4n) is 1.27. The summed E-state index contributed by atoms with van der Waals surface area (Å²) < 4.78 is 5.00. The summed E-state index contributed by atoms with van der Waals surface area (Å²) >= 11 is 0. The molecule has 0 aromatic rings. The van der Waals surface area contributed by atoms with Crippen molar-refractivity contribution in [3.05, 3.63) is 0 Å². The number of aliphatic hydroxyl groups excluding tert-OH is 3. The molecule has 3 atom stereocenters. The molecule has 66 valence electrons. The summed E-state index contributed by atoms with van der Waals surface area (Å²) in [5, 5.41) is 27.6. The van der Waals surface area contributed by atoms with E-state index in [1.807, 2.05) is 0 Å². The Morgan fingerprint density at radius 2 is 1.82 bits per heavy atom. The maximum atomic E-state index is 9.34. The number of hydrogen-bond donors (Lipinski definition) is 3. The highest BCUT2D eigenvalue weighted by molar-refractivity contribution is 4.89. The van der Waals surface area contributed by atoms with Gasteiger partial charge in [-0.2, -0.15) is 0 Å². The molecule has 0 bridgehead atoms. The smallest absolute Gasteiger partial charge is 0.157 e. The SMILES string of the molecule is CC1(C)O[C@@H](O)C[C@@H](O)C1O. The second-order valence-corrected chi connectivity index (χ2v) is 3.42. The number of aliphatic hydroxyl groups is 3. The topological polar surface area (TPSA) is 69.9 Å². The monoisotopic (exact) mass is 162 g/mol. The van der Waals surface area contributed by atoms with Crippen LogP contribution in [0.1, 0.15) is 20.3 Å². The molecule has 11 heavy (non-hydrogen) atoms. The van der Waals surface area contributed by atoms with Gasteiger partial charge in [0.1, 0.15) is 6.10 Å². The maximum absolute atomic E-state index is 9.34. The van der Waals surface area contributed by atoms with E-state index in [1.165, 1.54) is 0 Å². The summed E-state index contributed by atoms with van der Waals surface area (Å²) in [7, 11) is 0. The van der Waals surface area contributed by atoms with Gasteiger partial charge < -0.3 is 20.1 Å². The first-order chi connectivity index (χ1) is 4.93. The van der Waals surface area contributed by atoms with E-state index in [9.17, 15) is 10.2 Å². The molecule has 0 radical (unpaired) electrons. The van der Waals surface area contributed by atoms with Gasteiger partial charge in [-0.15, -0.1) is 0 Å². The van der Waals surface area contributed by atoms with Crippen molar-refractivity contribution in [2.45, 2.75) is 44.4 Å². The van der Waals surface area contributed by atoms with Gasteiger partial charge in [0.15, 0.2) is 6.29 Å². The molecule has 1 aliphatic rings. The van der Waals surface area contributed by atoms with Crippen molar-refractivity contribution in [3.63, 3.8) is 0 Å². The summed E-state index contributed by atoms with van der Waals surface area (Å²) in [6, 6.07) is 0. The largest absolute Gasteiger partial charge is 0.390 e. The van der Waals surface area contributed by atoms with Crippen LogP contribution in [0.3, 0.4) is 0 Å². The second kappa shape index (κ2) is 2.71. The molecule has 1 saturated heterocycles. The van der Waals surface area contributed by atoms with Gasteiger partial charge in [0.05, 0.1) is 11.7 Å². The molecule has 4 heteroatoms. The molecule has 1 unspecified atom stereocenters.